The summed E-state index contributed by atoms with van der Waals surface area (Å²) in [6, 6.07) is 0. The van der Waals surface area contributed by atoms with E-state index in [1.807, 2.05) is 38.1 Å². The lowest BCUT2D eigenvalue weighted by Crippen LogP contribution is -2.41. The van der Waals surface area contributed by atoms with E-state index in [9.17, 15) is 4.79 Å². The number of carbonyl (C=O) groups is 1. The molecule has 3 aliphatic heterocycles. The van der Waals surface area contributed by atoms with Gasteiger partial charge in [-0.25, -0.2) is 9.78 Å². The van der Waals surface area contributed by atoms with Crippen molar-refractivity contribution in [2.45, 2.75) is 111 Å². The fourth-order valence-corrected chi connectivity index (χ4v) is 5.29. The van der Waals surface area contributed by atoms with E-state index in [2.05, 4.69) is 41.0 Å². The number of piperidine rings is 3. The summed E-state index contributed by atoms with van der Waals surface area (Å²) in [5, 5.41) is 3.35. The highest BCUT2D eigenvalue weighted by Gasteiger charge is 2.26. The van der Waals surface area contributed by atoms with E-state index in [4.69, 9.17) is 4.74 Å². The minimum absolute atomic E-state index is 0.156. The molecule has 0 saturated carbocycles. The average Bonchev–Trinajstić information content (AvgIpc) is 3.42. The van der Waals surface area contributed by atoms with Gasteiger partial charge in [0.25, 0.3) is 0 Å². The molecule has 0 aromatic carbocycles. The molecule has 0 unspecified atom stereocenters. The summed E-state index contributed by atoms with van der Waals surface area (Å²) in [4.78, 5) is 23.4. The third-order valence-corrected chi connectivity index (χ3v) is 8.09. The van der Waals surface area contributed by atoms with E-state index in [-0.39, 0.29) is 11.7 Å². The summed E-state index contributed by atoms with van der Waals surface area (Å²) >= 11 is 0. The van der Waals surface area contributed by atoms with Crippen molar-refractivity contribution in [1.82, 2.24) is 25.1 Å². The SMILES string of the molecule is CCC1CCN(C(=O)OC(C)(C)C)CC1.CCC1CCN(Cc2ncc[nH]2)CC1.CCC1CCNCC1. The zero-order chi connectivity index (χ0) is 27.1. The zero-order valence-corrected chi connectivity index (χ0v) is 24.9. The van der Waals surface area contributed by atoms with E-state index in [0.29, 0.717) is 0 Å². The highest BCUT2D eigenvalue weighted by atomic mass is 16.6. The van der Waals surface area contributed by atoms with Gasteiger partial charge in [0.15, 0.2) is 0 Å². The number of hydrogen-bond acceptors (Lipinski definition) is 5. The Labute approximate surface area is 227 Å². The maximum Gasteiger partial charge on any atom is 0.410 e. The largest absolute Gasteiger partial charge is 0.444 e. The molecule has 0 bridgehead atoms. The molecule has 3 fully saturated rings. The zero-order valence-electron chi connectivity index (χ0n) is 24.9. The number of rotatable bonds is 5. The molecule has 1 aromatic rings. The highest BCUT2D eigenvalue weighted by molar-refractivity contribution is 5.68. The van der Waals surface area contributed by atoms with Crippen LogP contribution in [0.4, 0.5) is 4.79 Å². The molecule has 7 heteroatoms. The Kier molecular flexibility index (Phi) is 14.6. The summed E-state index contributed by atoms with van der Waals surface area (Å²) in [7, 11) is 0. The van der Waals surface area contributed by atoms with Crippen molar-refractivity contribution in [3.05, 3.63) is 18.2 Å². The first-order valence-electron chi connectivity index (χ1n) is 15.1. The summed E-state index contributed by atoms with van der Waals surface area (Å²) in [5.41, 5.74) is -0.376. The summed E-state index contributed by atoms with van der Waals surface area (Å²) in [6.45, 7) is 20.2. The number of H-pyrrole nitrogens is 1. The predicted molar refractivity (Wildman–Crippen MR) is 154 cm³/mol. The number of nitrogens with one attached hydrogen (secondary N) is 2. The number of aromatic nitrogens is 2. The number of amides is 1. The van der Waals surface area contributed by atoms with Crippen LogP contribution < -0.4 is 5.32 Å². The molecule has 3 aliphatic rings. The van der Waals surface area contributed by atoms with Gasteiger partial charge in [-0.15, -0.1) is 0 Å². The Hall–Kier alpha value is -1.60. The lowest BCUT2D eigenvalue weighted by Gasteiger charge is -2.33. The third-order valence-electron chi connectivity index (χ3n) is 8.09. The van der Waals surface area contributed by atoms with Crippen molar-refractivity contribution in [3.63, 3.8) is 0 Å². The third kappa shape index (κ3) is 13.2. The van der Waals surface area contributed by atoms with Gasteiger partial charge in [-0.1, -0.05) is 40.0 Å². The van der Waals surface area contributed by atoms with E-state index in [1.54, 1.807) is 0 Å². The van der Waals surface area contributed by atoms with Crippen molar-refractivity contribution in [2.75, 3.05) is 39.3 Å². The summed E-state index contributed by atoms with van der Waals surface area (Å²) in [6.07, 6.45) is 15.3. The Balaban J connectivity index is 0.000000204. The minimum Gasteiger partial charge on any atom is -0.444 e. The summed E-state index contributed by atoms with van der Waals surface area (Å²) < 4.78 is 5.33. The van der Waals surface area contributed by atoms with Crippen LogP contribution in [0.15, 0.2) is 12.4 Å². The van der Waals surface area contributed by atoms with Crippen LogP contribution in [-0.2, 0) is 11.3 Å². The van der Waals surface area contributed by atoms with Crippen molar-refractivity contribution >= 4 is 6.09 Å². The maximum absolute atomic E-state index is 11.7. The fraction of sp³-hybridized carbons (Fsp3) is 0.867. The molecular formula is C30H57N5O2. The number of likely N-dealkylation sites (tertiary alicyclic amines) is 2. The number of imidazole rings is 1. The Morgan fingerprint density at radius 1 is 0.892 bits per heavy atom. The normalized spacial score (nSPS) is 20.4. The van der Waals surface area contributed by atoms with Crippen LogP contribution in [0, 0.1) is 17.8 Å². The molecule has 1 amide bonds. The summed E-state index contributed by atoms with van der Waals surface area (Å²) in [5.74, 6) is 3.88. The second-order valence-corrected chi connectivity index (χ2v) is 12.1. The van der Waals surface area contributed by atoms with Gasteiger partial charge in [-0.05, 0) is 103 Å². The number of nitrogens with zero attached hydrogens (tertiary/aromatic N) is 3. The Bertz CT molecular complexity index is 696. The first-order chi connectivity index (χ1) is 17.7. The Morgan fingerprint density at radius 3 is 1.84 bits per heavy atom. The number of aromatic amines is 1. The van der Waals surface area contributed by atoms with Gasteiger partial charge in [0, 0.05) is 25.5 Å². The van der Waals surface area contributed by atoms with E-state index < -0.39 is 0 Å². The fourth-order valence-electron chi connectivity index (χ4n) is 5.29. The van der Waals surface area contributed by atoms with Crippen LogP contribution in [0.25, 0.3) is 0 Å². The maximum atomic E-state index is 11.7. The molecular weight excluding hydrogens is 462 g/mol. The highest BCUT2D eigenvalue weighted by Crippen LogP contribution is 2.22. The second-order valence-electron chi connectivity index (χ2n) is 12.1. The molecule has 214 valence electrons. The van der Waals surface area contributed by atoms with Gasteiger partial charge >= 0.3 is 6.09 Å². The molecule has 3 saturated heterocycles. The number of ether oxygens (including phenoxy) is 1. The lowest BCUT2D eigenvalue weighted by molar-refractivity contribution is 0.0183. The first kappa shape index (κ1) is 31.6. The van der Waals surface area contributed by atoms with Crippen LogP contribution in [-0.4, -0.2) is 70.7 Å². The lowest BCUT2D eigenvalue weighted by atomic mass is 9.94. The van der Waals surface area contributed by atoms with E-state index in [0.717, 1.165) is 56.1 Å². The predicted octanol–water partition coefficient (Wildman–Crippen LogP) is 6.47. The first-order valence-corrected chi connectivity index (χ1v) is 15.1. The number of hydrogen-bond donors (Lipinski definition) is 2. The van der Waals surface area contributed by atoms with Gasteiger partial charge < -0.3 is 19.9 Å². The molecule has 37 heavy (non-hydrogen) atoms. The second kappa shape index (κ2) is 17.1. The standard InChI is InChI=1S/C12H23NO2.C11H19N3.C7H15N/c1-5-10-6-8-13(9-7-10)11(14)15-12(2,3)4;1-2-10-3-7-14(8-4-10)9-11-12-5-6-13-11;1-2-7-3-5-8-6-4-7/h10H,5-9H2,1-4H3;5-6,10H,2-4,7-9H2,1H3,(H,12,13);7-8H,2-6H2,1H3. The quantitative estimate of drug-likeness (QED) is 0.466. The van der Waals surface area contributed by atoms with E-state index >= 15 is 0 Å². The van der Waals surface area contributed by atoms with Gasteiger partial charge in [-0.2, -0.15) is 0 Å². The molecule has 7 nitrogen and oxygen atoms in total. The minimum atomic E-state index is -0.376. The van der Waals surface area contributed by atoms with Crippen LogP contribution in [0.5, 0.6) is 0 Å². The van der Waals surface area contributed by atoms with Crippen LogP contribution in [0.1, 0.15) is 105 Å². The molecule has 2 N–H and O–H groups in total. The molecule has 0 atom stereocenters. The monoisotopic (exact) mass is 519 g/mol. The molecule has 0 aliphatic carbocycles. The molecule has 4 rings (SSSR count). The topological polar surface area (TPSA) is 73.5 Å². The Morgan fingerprint density at radius 2 is 1.41 bits per heavy atom. The van der Waals surface area contributed by atoms with E-state index in [1.165, 1.54) is 71.1 Å². The van der Waals surface area contributed by atoms with Crippen LogP contribution in [0.3, 0.4) is 0 Å². The average molecular weight is 520 g/mol. The van der Waals surface area contributed by atoms with Gasteiger partial charge in [0.2, 0.25) is 0 Å². The van der Waals surface area contributed by atoms with Crippen molar-refractivity contribution in [3.8, 4) is 0 Å². The molecule has 1 aromatic heterocycles. The molecule has 0 radical (unpaired) electrons. The van der Waals surface area contributed by atoms with Crippen molar-refractivity contribution in [2.24, 2.45) is 17.8 Å². The van der Waals surface area contributed by atoms with Crippen LogP contribution >= 0.6 is 0 Å². The molecule has 4 heterocycles. The van der Waals surface area contributed by atoms with Crippen molar-refractivity contribution in [1.29, 1.82) is 0 Å². The number of carbonyl (C=O) groups excluding carboxylic acids is 1. The van der Waals surface area contributed by atoms with Gasteiger partial charge in [0.1, 0.15) is 11.4 Å². The van der Waals surface area contributed by atoms with Crippen molar-refractivity contribution < 1.29 is 9.53 Å². The van der Waals surface area contributed by atoms with Gasteiger partial charge in [-0.3, -0.25) is 4.90 Å². The molecule has 0 spiro atoms. The smallest absolute Gasteiger partial charge is 0.410 e. The van der Waals surface area contributed by atoms with Gasteiger partial charge in [0.05, 0.1) is 6.54 Å². The van der Waals surface area contributed by atoms with Crippen LogP contribution in [0.2, 0.25) is 0 Å².